The summed E-state index contributed by atoms with van der Waals surface area (Å²) in [4.78, 5) is 38.9. The van der Waals surface area contributed by atoms with Crippen molar-refractivity contribution in [2.45, 2.75) is 6.42 Å². The van der Waals surface area contributed by atoms with Crippen molar-refractivity contribution in [1.82, 2.24) is 14.0 Å². The summed E-state index contributed by atoms with van der Waals surface area (Å²) in [5.74, 6) is 0.923. The Kier molecular flexibility index (Phi) is 8.01. The molecule has 0 spiro atoms. The number of ether oxygens (including phenoxy) is 1. The summed E-state index contributed by atoms with van der Waals surface area (Å²) in [7, 11) is 3.14. The molecule has 0 amide bonds. The fourth-order valence-corrected chi connectivity index (χ4v) is 3.43. The second-order valence-electron chi connectivity index (χ2n) is 7.00. The molecule has 0 aliphatic carbocycles. The van der Waals surface area contributed by atoms with Gasteiger partial charge in [-0.25, -0.2) is 4.79 Å². The van der Waals surface area contributed by atoms with Crippen LogP contribution >= 0.6 is 12.4 Å². The van der Waals surface area contributed by atoms with Gasteiger partial charge in [-0.1, -0.05) is 12.1 Å². The van der Waals surface area contributed by atoms with Crippen LogP contribution in [0.2, 0.25) is 0 Å². The number of piperazine rings is 1. The fourth-order valence-electron chi connectivity index (χ4n) is 3.43. The van der Waals surface area contributed by atoms with E-state index >= 15 is 0 Å². The Morgan fingerprint density at radius 3 is 2.40 bits per heavy atom. The van der Waals surface area contributed by atoms with Crippen LogP contribution in [-0.4, -0.2) is 58.3 Å². The van der Waals surface area contributed by atoms with Crippen molar-refractivity contribution in [3.05, 3.63) is 61.3 Å². The number of hydrogen-bond donors (Lipinski definition) is 0. The molecule has 0 N–H and O–H groups in total. The van der Waals surface area contributed by atoms with Crippen molar-refractivity contribution in [3.63, 3.8) is 0 Å². The molecule has 0 saturated carbocycles. The first-order valence-electron chi connectivity index (χ1n) is 9.49. The molecule has 1 fully saturated rings. The predicted octanol–water partition coefficient (Wildman–Crippen LogP) is 1.01. The van der Waals surface area contributed by atoms with Crippen LogP contribution in [0.25, 0.3) is 0 Å². The average Bonchev–Trinajstić information content (AvgIpc) is 2.73. The number of nitro groups is 1. The van der Waals surface area contributed by atoms with Gasteiger partial charge in [0.05, 0.1) is 11.5 Å². The van der Waals surface area contributed by atoms with Crippen LogP contribution < -0.4 is 20.9 Å². The molecule has 2 heterocycles. The molecule has 1 aliphatic heterocycles. The van der Waals surface area contributed by atoms with Gasteiger partial charge in [-0.05, 0) is 12.5 Å². The lowest BCUT2D eigenvalue weighted by atomic mass is 10.3. The van der Waals surface area contributed by atoms with E-state index in [2.05, 4.69) is 4.90 Å². The molecule has 11 heteroatoms. The highest BCUT2D eigenvalue weighted by Gasteiger charge is 2.20. The molecule has 1 aromatic heterocycles. The summed E-state index contributed by atoms with van der Waals surface area (Å²) in [5.41, 5.74) is -0.666. The predicted molar refractivity (Wildman–Crippen MR) is 116 cm³/mol. The van der Waals surface area contributed by atoms with Gasteiger partial charge in [0.15, 0.2) is 5.75 Å². The Balaban J connectivity index is 0.00000320. The van der Waals surface area contributed by atoms with Gasteiger partial charge in [0.25, 0.3) is 5.56 Å². The minimum absolute atomic E-state index is 0. The SMILES string of the molecule is Cl.Cn1c(N2CCN(CCCOc3ccccc3[N+](=O)[O-])CC2)cc(=O)n(C)c1=O. The molecule has 30 heavy (non-hydrogen) atoms. The highest BCUT2D eigenvalue weighted by molar-refractivity contribution is 5.85. The lowest BCUT2D eigenvalue weighted by Gasteiger charge is -2.36. The molecule has 1 aromatic carbocycles. The molecular weight excluding hydrogens is 414 g/mol. The quantitative estimate of drug-likeness (QED) is 0.360. The Labute approximate surface area is 179 Å². The van der Waals surface area contributed by atoms with Crippen LogP contribution in [0.4, 0.5) is 11.5 Å². The summed E-state index contributed by atoms with van der Waals surface area (Å²) in [6, 6.07) is 7.86. The largest absolute Gasteiger partial charge is 0.487 e. The minimum atomic E-state index is -0.446. The summed E-state index contributed by atoms with van der Waals surface area (Å²) in [6.07, 6.45) is 0.746. The third-order valence-electron chi connectivity index (χ3n) is 5.14. The molecule has 1 aliphatic rings. The van der Waals surface area contributed by atoms with E-state index in [9.17, 15) is 19.7 Å². The van der Waals surface area contributed by atoms with Gasteiger partial charge >= 0.3 is 11.4 Å². The summed E-state index contributed by atoms with van der Waals surface area (Å²) < 4.78 is 8.17. The van der Waals surface area contributed by atoms with Crippen molar-refractivity contribution >= 4 is 23.9 Å². The van der Waals surface area contributed by atoms with Crippen LogP contribution in [0.15, 0.2) is 39.9 Å². The summed E-state index contributed by atoms with van der Waals surface area (Å²) in [5, 5.41) is 11.0. The molecule has 0 bridgehead atoms. The third-order valence-corrected chi connectivity index (χ3v) is 5.14. The number of rotatable bonds is 7. The average molecular weight is 440 g/mol. The lowest BCUT2D eigenvalue weighted by molar-refractivity contribution is -0.385. The van der Waals surface area contributed by atoms with Gasteiger partial charge in [0, 0.05) is 59.0 Å². The van der Waals surface area contributed by atoms with E-state index in [-0.39, 0.29) is 35.1 Å². The van der Waals surface area contributed by atoms with Gasteiger partial charge in [-0.15, -0.1) is 12.4 Å². The summed E-state index contributed by atoms with van der Waals surface area (Å²) in [6.45, 7) is 4.24. The van der Waals surface area contributed by atoms with E-state index in [1.54, 1.807) is 25.2 Å². The smallest absolute Gasteiger partial charge is 0.332 e. The zero-order valence-corrected chi connectivity index (χ0v) is 17.8. The van der Waals surface area contributed by atoms with Crippen LogP contribution in [0, 0.1) is 10.1 Å². The minimum Gasteiger partial charge on any atom is -0.487 e. The van der Waals surface area contributed by atoms with Crippen molar-refractivity contribution in [3.8, 4) is 5.75 Å². The monoisotopic (exact) mass is 439 g/mol. The summed E-state index contributed by atoms with van der Waals surface area (Å²) >= 11 is 0. The standard InChI is InChI=1S/C19H25N5O5.ClH/c1-20-17(14-18(25)21(2)19(20)26)23-11-9-22(10-12-23)8-5-13-29-16-7-4-3-6-15(16)24(27)28;/h3-4,6-7,14H,5,8-13H2,1-2H3;1H. The van der Waals surface area contributed by atoms with Crippen molar-refractivity contribution in [1.29, 1.82) is 0 Å². The highest BCUT2D eigenvalue weighted by atomic mass is 35.5. The highest BCUT2D eigenvalue weighted by Crippen LogP contribution is 2.25. The maximum Gasteiger partial charge on any atom is 0.332 e. The Morgan fingerprint density at radius 2 is 1.73 bits per heavy atom. The molecule has 0 atom stereocenters. The lowest BCUT2D eigenvalue weighted by Crippen LogP contribution is -2.49. The first-order chi connectivity index (χ1) is 13.9. The van der Waals surface area contributed by atoms with Gasteiger partial charge in [0.2, 0.25) is 0 Å². The fraction of sp³-hybridized carbons (Fsp3) is 0.474. The molecule has 1 saturated heterocycles. The molecule has 2 aromatic rings. The first-order valence-corrected chi connectivity index (χ1v) is 9.49. The second-order valence-corrected chi connectivity index (χ2v) is 7.00. The normalized spacial score (nSPS) is 14.3. The molecule has 0 unspecified atom stereocenters. The molecule has 0 radical (unpaired) electrons. The zero-order valence-electron chi connectivity index (χ0n) is 17.0. The molecule has 164 valence electrons. The zero-order chi connectivity index (χ0) is 21.0. The number of benzene rings is 1. The molecule has 3 rings (SSSR count). The van der Waals surface area contributed by atoms with E-state index in [0.29, 0.717) is 25.5 Å². The third kappa shape index (κ3) is 5.19. The van der Waals surface area contributed by atoms with Crippen molar-refractivity contribution in [2.75, 3.05) is 44.2 Å². The number of halogens is 1. The second kappa shape index (κ2) is 10.3. The maximum absolute atomic E-state index is 12.1. The van der Waals surface area contributed by atoms with Crippen molar-refractivity contribution < 1.29 is 9.66 Å². The Morgan fingerprint density at radius 1 is 1.07 bits per heavy atom. The Bertz CT molecular complexity index is 998. The van der Waals surface area contributed by atoms with Gasteiger partial charge < -0.3 is 9.64 Å². The van der Waals surface area contributed by atoms with E-state index in [1.807, 2.05) is 4.90 Å². The number of nitro benzene ring substituents is 1. The van der Waals surface area contributed by atoms with E-state index in [4.69, 9.17) is 4.74 Å². The van der Waals surface area contributed by atoms with E-state index < -0.39 is 4.92 Å². The first kappa shape index (κ1) is 23.4. The van der Waals surface area contributed by atoms with Crippen LogP contribution in [-0.2, 0) is 14.1 Å². The number of nitrogens with zero attached hydrogens (tertiary/aromatic N) is 5. The number of para-hydroxylation sites is 2. The molecular formula is C19H26ClN5O5. The number of aromatic nitrogens is 2. The Hall–Kier alpha value is -2.85. The van der Waals surface area contributed by atoms with Gasteiger partial charge in [-0.3, -0.25) is 28.9 Å². The van der Waals surface area contributed by atoms with Crippen LogP contribution in [0.5, 0.6) is 5.75 Å². The van der Waals surface area contributed by atoms with Gasteiger partial charge in [-0.2, -0.15) is 0 Å². The number of anilines is 1. The van der Waals surface area contributed by atoms with Gasteiger partial charge in [0.1, 0.15) is 5.82 Å². The maximum atomic E-state index is 12.1. The molecule has 10 nitrogen and oxygen atoms in total. The van der Waals surface area contributed by atoms with Crippen LogP contribution in [0.1, 0.15) is 6.42 Å². The number of hydrogen-bond acceptors (Lipinski definition) is 7. The topological polar surface area (TPSA) is 103 Å². The van der Waals surface area contributed by atoms with E-state index in [0.717, 1.165) is 30.6 Å². The van der Waals surface area contributed by atoms with Crippen molar-refractivity contribution in [2.24, 2.45) is 14.1 Å². The van der Waals surface area contributed by atoms with Crippen LogP contribution in [0.3, 0.4) is 0 Å². The van der Waals surface area contributed by atoms with E-state index in [1.165, 1.54) is 23.7 Å².